The summed E-state index contributed by atoms with van der Waals surface area (Å²) in [6.07, 6.45) is 2.60. The molecule has 4 atom stereocenters. The Kier molecular flexibility index (Phi) is 5.37. The maximum absolute atomic E-state index is 14.0. The van der Waals surface area contributed by atoms with Gasteiger partial charge in [0, 0.05) is 12.1 Å². The standard InChI is InChI=1S/C22H23ClN4O6/c23-12-8-26(17-15(28)9-33-18(12)17)21(31)16(10-3-1-2-4-10)27-14-6-5-11(19(24)29)7-13(14)25-20(30)22(27)32/h5-7,10,12,16-18H,1-4,8-9H2,(H2,24,29)(H,25,30)/t12-,16-,17+,18+/m0/s1. The first-order valence-corrected chi connectivity index (χ1v) is 11.4. The third-order valence-corrected chi connectivity index (χ3v) is 7.37. The van der Waals surface area contributed by atoms with Crippen molar-refractivity contribution in [3.63, 3.8) is 0 Å². The molecule has 3 fully saturated rings. The van der Waals surface area contributed by atoms with E-state index >= 15 is 0 Å². The number of hydrogen-bond acceptors (Lipinski definition) is 6. The molecule has 3 N–H and O–H groups in total. The van der Waals surface area contributed by atoms with E-state index in [4.69, 9.17) is 22.1 Å². The molecule has 2 saturated heterocycles. The average molecular weight is 475 g/mol. The Morgan fingerprint density at radius 2 is 1.91 bits per heavy atom. The monoisotopic (exact) mass is 474 g/mol. The topological polar surface area (TPSA) is 145 Å². The maximum atomic E-state index is 14.0. The summed E-state index contributed by atoms with van der Waals surface area (Å²) in [5, 5.41) is -0.541. The fourth-order valence-corrected chi connectivity index (χ4v) is 5.82. The van der Waals surface area contributed by atoms with Crippen LogP contribution in [-0.2, 0) is 14.3 Å². The molecule has 0 spiro atoms. The van der Waals surface area contributed by atoms with Gasteiger partial charge in [0.2, 0.25) is 11.8 Å². The Morgan fingerprint density at radius 1 is 1.18 bits per heavy atom. The van der Waals surface area contributed by atoms with Gasteiger partial charge in [-0.05, 0) is 37.0 Å². The van der Waals surface area contributed by atoms with E-state index in [1.54, 1.807) is 0 Å². The van der Waals surface area contributed by atoms with E-state index in [1.165, 1.54) is 27.7 Å². The summed E-state index contributed by atoms with van der Waals surface area (Å²) in [4.78, 5) is 67.6. The number of amides is 2. The van der Waals surface area contributed by atoms with Gasteiger partial charge in [-0.2, -0.15) is 0 Å². The number of carbonyl (C=O) groups is 3. The molecule has 3 heterocycles. The van der Waals surface area contributed by atoms with Crippen molar-refractivity contribution in [2.75, 3.05) is 13.2 Å². The predicted molar refractivity (Wildman–Crippen MR) is 118 cm³/mol. The van der Waals surface area contributed by atoms with E-state index < -0.39 is 46.5 Å². The van der Waals surface area contributed by atoms with E-state index in [0.717, 1.165) is 12.8 Å². The summed E-state index contributed by atoms with van der Waals surface area (Å²) in [5.74, 6) is -1.53. The Labute approximate surface area is 192 Å². The fourth-order valence-electron chi connectivity index (χ4n) is 5.46. The molecule has 0 bridgehead atoms. The number of nitrogens with one attached hydrogen (secondary N) is 1. The van der Waals surface area contributed by atoms with Gasteiger partial charge in [-0.15, -0.1) is 11.6 Å². The Hall–Kier alpha value is -2.98. The molecule has 5 rings (SSSR count). The summed E-state index contributed by atoms with van der Waals surface area (Å²) < 4.78 is 6.72. The van der Waals surface area contributed by atoms with Gasteiger partial charge in [-0.3, -0.25) is 28.5 Å². The number of primary amides is 1. The number of fused-ring (bicyclic) bond motifs is 2. The van der Waals surface area contributed by atoms with Crippen molar-refractivity contribution in [3.8, 4) is 0 Å². The van der Waals surface area contributed by atoms with Crippen molar-refractivity contribution in [2.45, 2.75) is 49.2 Å². The molecule has 1 saturated carbocycles. The van der Waals surface area contributed by atoms with E-state index in [9.17, 15) is 24.0 Å². The van der Waals surface area contributed by atoms with Gasteiger partial charge in [0.1, 0.15) is 24.8 Å². The number of alkyl halides is 1. The fraction of sp³-hybridized carbons (Fsp3) is 0.500. The second-order valence-electron chi connectivity index (χ2n) is 8.91. The molecule has 2 aliphatic heterocycles. The van der Waals surface area contributed by atoms with Crippen LogP contribution in [0.15, 0.2) is 27.8 Å². The highest BCUT2D eigenvalue weighted by Gasteiger charge is 2.53. The second-order valence-corrected chi connectivity index (χ2v) is 9.47. The lowest BCUT2D eigenvalue weighted by atomic mass is 9.95. The van der Waals surface area contributed by atoms with Crippen molar-refractivity contribution in [3.05, 3.63) is 44.5 Å². The van der Waals surface area contributed by atoms with Gasteiger partial charge in [0.15, 0.2) is 5.78 Å². The Balaban J connectivity index is 1.68. The quantitative estimate of drug-likeness (QED) is 0.481. The number of rotatable bonds is 4. The lowest BCUT2D eigenvalue weighted by molar-refractivity contribution is -0.140. The van der Waals surface area contributed by atoms with Crippen LogP contribution in [0.1, 0.15) is 42.1 Å². The first-order valence-electron chi connectivity index (χ1n) is 10.9. The molecule has 1 aromatic carbocycles. The number of Topliss-reactive ketones (excluding diaryl/α,β-unsaturated/α-hetero) is 1. The average Bonchev–Trinajstić information content (AvgIpc) is 3.51. The van der Waals surface area contributed by atoms with Crippen molar-refractivity contribution in [2.24, 2.45) is 11.7 Å². The second kappa shape index (κ2) is 8.11. The smallest absolute Gasteiger partial charge is 0.317 e. The third kappa shape index (κ3) is 3.48. The first-order chi connectivity index (χ1) is 15.8. The molecule has 0 radical (unpaired) electrons. The largest absolute Gasteiger partial charge is 0.366 e. The minimum Gasteiger partial charge on any atom is -0.366 e. The van der Waals surface area contributed by atoms with Gasteiger partial charge in [0.05, 0.1) is 16.4 Å². The molecule has 33 heavy (non-hydrogen) atoms. The van der Waals surface area contributed by atoms with Crippen molar-refractivity contribution < 1.29 is 19.1 Å². The van der Waals surface area contributed by atoms with Crippen LogP contribution in [0.2, 0.25) is 0 Å². The van der Waals surface area contributed by atoms with Crippen LogP contribution in [0.3, 0.4) is 0 Å². The number of nitrogens with two attached hydrogens (primary N) is 1. The highest BCUT2D eigenvalue weighted by atomic mass is 35.5. The molecule has 2 amide bonds. The van der Waals surface area contributed by atoms with E-state index in [-0.39, 0.29) is 35.9 Å². The number of benzene rings is 1. The zero-order valence-electron chi connectivity index (χ0n) is 17.7. The minimum atomic E-state index is -0.986. The number of halogens is 1. The number of H-pyrrole nitrogens is 1. The van der Waals surface area contributed by atoms with Crippen molar-refractivity contribution in [1.82, 2.24) is 14.5 Å². The molecular weight excluding hydrogens is 452 g/mol. The lowest BCUT2D eigenvalue weighted by Crippen LogP contribution is -2.50. The molecule has 174 valence electrons. The van der Waals surface area contributed by atoms with Gasteiger partial charge in [-0.25, -0.2) is 0 Å². The summed E-state index contributed by atoms with van der Waals surface area (Å²) in [7, 11) is 0. The molecule has 0 unspecified atom stereocenters. The van der Waals surface area contributed by atoms with Crippen LogP contribution >= 0.6 is 11.6 Å². The molecule has 3 aliphatic rings. The zero-order valence-corrected chi connectivity index (χ0v) is 18.4. The highest BCUT2D eigenvalue weighted by Crippen LogP contribution is 2.39. The Morgan fingerprint density at radius 3 is 2.61 bits per heavy atom. The molecule has 11 heteroatoms. The molecule has 2 aromatic rings. The summed E-state index contributed by atoms with van der Waals surface area (Å²) in [5.41, 5.74) is 4.27. The Bertz CT molecular complexity index is 1280. The molecular formula is C22H23ClN4O6. The minimum absolute atomic E-state index is 0.111. The molecule has 10 nitrogen and oxygen atoms in total. The van der Waals surface area contributed by atoms with Crippen LogP contribution < -0.4 is 16.9 Å². The van der Waals surface area contributed by atoms with E-state index in [0.29, 0.717) is 18.4 Å². The number of ether oxygens (including phenoxy) is 1. The SMILES string of the molecule is NC(=O)c1ccc2c(c1)[nH]c(=O)c(=O)n2[C@H](C(=O)N1C[C@H](Cl)[C@H]2OCC(=O)[C@H]21)C1CCCC1. The number of aromatic amines is 1. The number of carbonyl (C=O) groups excluding carboxylic acids is 3. The van der Waals surface area contributed by atoms with Crippen LogP contribution in [-0.4, -0.2) is 62.7 Å². The first kappa shape index (κ1) is 21.8. The van der Waals surface area contributed by atoms with Crippen LogP contribution in [0.25, 0.3) is 11.0 Å². The maximum Gasteiger partial charge on any atom is 0.317 e. The van der Waals surface area contributed by atoms with Gasteiger partial charge in [-0.1, -0.05) is 12.8 Å². The van der Waals surface area contributed by atoms with Gasteiger partial charge in [0.25, 0.3) is 0 Å². The molecule has 1 aromatic heterocycles. The molecule has 1 aliphatic carbocycles. The lowest BCUT2D eigenvalue weighted by Gasteiger charge is -2.31. The van der Waals surface area contributed by atoms with Crippen LogP contribution in [0.4, 0.5) is 0 Å². The predicted octanol–water partition coefficient (Wildman–Crippen LogP) is 0.306. The van der Waals surface area contributed by atoms with Crippen molar-refractivity contribution in [1.29, 1.82) is 0 Å². The van der Waals surface area contributed by atoms with Crippen LogP contribution in [0.5, 0.6) is 0 Å². The van der Waals surface area contributed by atoms with Gasteiger partial charge < -0.3 is 20.4 Å². The normalized spacial score (nSPS) is 26.2. The summed E-state index contributed by atoms with van der Waals surface area (Å²) in [6.45, 7) is 0.00653. The summed E-state index contributed by atoms with van der Waals surface area (Å²) in [6, 6.07) is 2.56. The number of likely N-dealkylation sites (tertiary alicyclic amines) is 1. The summed E-state index contributed by atoms with van der Waals surface area (Å²) >= 11 is 6.39. The van der Waals surface area contributed by atoms with E-state index in [1.807, 2.05) is 0 Å². The van der Waals surface area contributed by atoms with E-state index in [2.05, 4.69) is 4.98 Å². The van der Waals surface area contributed by atoms with Gasteiger partial charge >= 0.3 is 11.1 Å². The van der Waals surface area contributed by atoms with Crippen molar-refractivity contribution >= 4 is 40.2 Å². The van der Waals surface area contributed by atoms with Crippen LogP contribution in [0, 0.1) is 5.92 Å². The highest BCUT2D eigenvalue weighted by molar-refractivity contribution is 6.22. The number of hydrogen-bond donors (Lipinski definition) is 2. The third-order valence-electron chi connectivity index (χ3n) is 6.98. The number of aromatic nitrogens is 2. The number of ketones is 1. The zero-order chi connectivity index (χ0) is 23.4. The number of nitrogens with zero attached hydrogens (tertiary/aromatic N) is 2.